The molecule has 0 spiro atoms. The first kappa shape index (κ1) is 15.0. The van der Waals surface area contributed by atoms with E-state index in [2.05, 4.69) is 0 Å². The summed E-state index contributed by atoms with van der Waals surface area (Å²) in [6.45, 7) is 1.02. The SMILES string of the molecule is COP(=O)(CC(=O)Cc1ccc2c(c1)OCCO2)OC. The van der Waals surface area contributed by atoms with Crippen LogP contribution in [0.5, 0.6) is 11.5 Å². The van der Waals surface area contributed by atoms with Gasteiger partial charge in [0.05, 0.1) is 0 Å². The highest BCUT2D eigenvalue weighted by atomic mass is 31.2. The van der Waals surface area contributed by atoms with Crippen molar-refractivity contribution in [2.45, 2.75) is 6.42 Å². The van der Waals surface area contributed by atoms with E-state index >= 15 is 0 Å². The van der Waals surface area contributed by atoms with Crippen LogP contribution in [-0.4, -0.2) is 39.4 Å². The Morgan fingerprint density at radius 2 is 1.85 bits per heavy atom. The van der Waals surface area contributed by atoms with Gasteiger partial charge in [0.1, 0.15) is 25.2 Å². The quantitative estimate of drug-likeness (QED) is 0.749. The van der Waals surface area contributed by atoms with E-state index in [0.717, 1.165) is 5.56 Å². The third kappa shape index (κ3) is 3.60. The molecule has 0 unspecified atom stereocenters. The maximum absolute atomic E-state index is 11.9. The molecule has 0 radical (unpaired) electrons. The molecule has 6 nitrogen and oxygen atoms in total. The lowest BCUT2D eigenvalue weighted by Crippen LogP contribution is -2.16. The van der Waals surface area contributed by atoms with Crippen LogP contribution in [0.2, 0.25) is 0 Å². The summed E-state index contributed by atoms with van der Waals surface area (Å²) < 4.78 is 32.2. The Kier molecular flexibility index (Phi) is 4.81. The third-order valence-electron chi connectivity index (χ3n) is 2.93. The summed E-state index contributed by atoms with van der Waals surface area (Å²) in [5.74, 6) is 1.09. The molecule has 0 saturated carbocycles. The van der Waals surface area contributed by atoms with E-state index < -0.39 is 7.60 Å². The summed E-state index contributed by atoms with van der Waals surface area (Å²) in [6.07, 6.45) is -0.0954. The van der Waals surface area contributed by atoms with Gasteiger partial charge < -0.3 is 18.5 Å². The van der Waals surface area contributed by atoms with Gasteiger partial charge in [0.2, 0.25) is 0 Å². The Hall–Kier alpha value is -1.36. The molecule has 20 heavy (non-hydrogen) atoms. The fraction of sp³-hybridized carbons (Fsp3) is 0.462. The number of Topliss-reactive ketones (excluding diaryl/α,β-unsaturated/α-hetero) is 1. The average Bonchev–Trinajstić information content (AvgIpc) is 2.47. The van der Waals surface area contributed by atoms with Crippen molar-refractivity contribution in [3.8, 4) is 11.5 Å². The summed E-state index contributed by atoms with van der Waals surface area (Å²) >= 11 is 0. The van der Waals surface area contributed by atoms with Gasteiger partial charge in [-0.05, 0) is 17.7 Å². The van der Waals surface area contributed by atoms with E-state index in [1.54, 1.807) is 18.2 Å². The number of ether oxygens (including phenoxy) is 2. The number of fused-ring (bicyclic) bond motifs is 1. The van der Waals surface area contributed by atoms with Gasteiger partial charge in [-0.25, -0.2) is 0 Å². The molecule has 0 aromatic heterocycles. The molecule has 1 heterocycles. The van der Waals surface area contributed by atoms with Gasteiger partial charge in [-0.3, -0.25) is 9.36 Å². The van der Waals surface area contributed by atoms with Crippen LogP contribution in [0.1, 0.15) is 5.56 Å². The lowest BCUT2D eigenvalue weighted by atomic mass is 10.1. The Morgan fingerprint density at radius 1 is 1.20 bits per heavy atom. The van der Waals surface area contributed by atoms with E-state index in [1.165, 1.54) is 14.2 Å². The van der Waals surface area contributed by atoms with E-state index in [9.17, 15) is 9.36 Å². The molecule has 0 aliphatic carbocycles. The minimum absolute atomic E-state index is 0.146. The van der Waals surface area contributed by atoms with E-state index in [-0.39, 0.29) is 18.4 Å². The van der Waals surface area contributed by atoms with E-state index in [4.69, 9.17) is 18.5 Å². The standard InChI is InChI=1S/C13H17O6P/c1-16-20(15,17-2)9-11(14)7-10-3-4-12-13(8-10)19-6-5-18-12/h3-4,8H,5-7,9H2,1-2H3. The Morgan fingerprint density at radius 3 is 2.50 bits per heavy atom. The molecule has 0 bridgehead atoms. The van der Waals surface area contributed by atoms with Gasteiger partial charge in [-0.15, -0.1) is 0 Å². The normalized spacial score (nSPS) is 14.1. The molecule has 0 atom stereocenters. The first-order valence-electron chi connectivity index (χ1n) is 6.17. The maximum Gasteiger partial charge on any atom is 0.337 e. The molecule has 0 amide bonds. The van der Waals surface area contributed by atoms with Gasteiger partial charge in [0.15, 0.2) is 11.5 Å². The van der Waals surface area contributed by atoms with Crippen LogP contribution in [0.4, 0.5) is 0 Å². The third-order valence-corrected chi connectivity index (χ3v) is 4.79. The molecule has 1 aliphatic rings. The number of ketones is 1. The second-order valence-corrected chi connectivity index (χ2v) is 6.60. The molecule has 0 saturated heterocycles. The second kappa shape index (κ2) is 6.39. The predicted molar refractivity (Wildman–Crippen MR) is 72.6 cm³/mol. The van der Waals surface area contributed by atoms with Crippen LogP contribution >= 0.6 is 7.60 Å². The van der Waals surface area contributed by atoms with Crippen LogP contribution < -0.4 is 9.47 Å². The largest absolute Gasteiger partial charge is 0.486 e. The fourth-order valence-corrected chi connectivity index (χ4v) is 2.85. The predicted octanol–water partition coefficient (Wildman–Crippen LogP) is 2.06. The summed E-state index contributed by atoms with van der Waals surface area (Å²) in [5.41, 5.74) is 0.776. The Labute approximate surface area is 117 Å². The second-order valence-electron chi connectivity index (χ2n) is 4.33. The Balaban J connectivity index is 2.03. The number of carbonyl (C=O) groups is 1. The van der Waals surface area contributed by atoms with Crippen molar-refractivity contribution in [1.82, 2.24) is 0 Å². The van der Waals surface area contributed by atoms with Crippen LogP contribution in [0.3, 0.4) is 0 Å². The van der Waals surface area contributed by atoms with Gasteiger partial charge in [0, 0.05) is 20.6 Å². The Bertz CT molecular complexity index is 534. The molecule has 0 N–H and O–H groups in total. The zero-order valence-corrected chi connectivity index (χ0v) is 12.4. The number of hydrogen-bond donors (Lipinski definition) is 0. The topological polar surface area (TPSA) is 71.1 Å². The van der Waals surface area contributed by atoms with Gasteiger partial charge in [-0.2, -0.15) is 0 Å². The van der Waals surface area contributed by atoms with Crippen LogP contribution in [0.15, 0.2) is 18.2 Å². The lowest BCUT2D eigenvalue weighted by molar-refractivity contribution is -0.116. The smallest absolute Gasteiger partial charge is 0.337 e. The van der Waals surface area contributed by atoms with Gasteiger partial charge in [0.25, 0.3) is 0 Å². The summed E-state index contributed by atoms with van der Waals surface area (Å²) in [7, 11) is -0.772. The van der Waals surface area contributed by atoms with Crippen molar-refractivity contribution in [2.24, 2.45) is 0 Å². The number of hydrogen-bond acceptors (Lipinski definition) is 6. The first-order valence-corrected chi connectivity index (χ1v) is 7.90. The zero-order chi connectivity index (χ0) is 14.6. The van der Waals surface area contributed by atoms with Gasteiger partial charge >= 0.3 is 7.60 Å². The minimum atomic E-state index is -3.30. The number of rotatable bonds is 6. The maximum atomic E-state index is 11.9. The average molecular weight is 300 g/mol. The molecular weight excluding hydrogens is 283 g/mol. The zero-order valence-electron chi connectivity index (χ0n) is 11.5. The van der Waals surface area contributed by atoms with Crippen LogP contribution in [-0.2, 0) is 24.8 Å². The number of benzene rings is 1. The minimum Gasteiger partial charge on any atom is -0.486 e. The monoisotopic (exact) mass is 300 g/mol. The molecule has 110 valence electrons. The first-order chi connectivity index (χ1) is 9.56. The summed E-state index contributed by atoms with van der Waals surface area (Å²) in [4.78, 5) is 11.9. The van der Waals surface area contributed by atoms with Crippen molar-refractivity contribution < 1.29 is 27.9 Å². The molecule has 2 rings (SSSR count). The van der Waals surface area contributed by atoms with Crippen molar-refractivity contribution in [2.75, 3.05) is 33.6 Å². The molecular formula is C13H17O6P. The highest BCUT2D eigenvalue weighted by molar-refractivity contribution is 7.54. The van der Waals surface area contributed by atoms with Gasteiger partial charge in [-0.1, -0.05) is 6.07 Å². The van der Waals surface area contributed by atoms with Crippen molar-refractivity contribution >= 4 is 13.4 Å². The highest BCUT2D eigenvalue weighted by Crippen LogP contribution is 2.46. The molecule has 1 aromatic carbocycles. The highest BCUT2D eigenvalue weighted by Gasteiger charge is 2.25. The number of carbonyl (C=O) groups excluding carboxylic acids is 1. The van der Waals surface area contributed by atoms with Crippen molar-refractivity contribution in [1.29, 1.82) is 0 Å². The van der Waals surface area contributed by atoms with E-state index in [0.29, 0.717) is 24.7 Å². The summed E-state index contributed by atoms with van der Waals surface area (Å²) in [5, 5.41) is 0. The van der Waals surface area contributed by atoms with Crippen LogP contribution in [0, 0.1) is 0 Å². The lowest BCUT2D eigenvalue weighted by Gasteiger charge is -2.19. The van der Waals surface area contributed by atoms with Crippen LogP contribution in [0.25, 0.3) is 0 Å². The molecule has 0 fully saturated rings. The summed E-state index contributed by atoms with van der Waals surface area (Å²) in [6, 6.07) is 5.32. The molecule has 1 aliphatic heterocycles. The molecule has 1 aromatic rings. The van der Waals surface area contributed by atoms with Crippen molar-refractivity contribution in [3.05, 3.63) is 23.8 Å². The fourth-order valence-electron chi connectivity index (χ4n) is 1.90. The van der Waals surface area contributed by atoms with Crippen molar-refractivity contribution in [3.63, 3.8) is 0 Å². The van der Waals surface area contributed by atoms with E-state index in [1.807, 2.05) is 0 Å². The molecule has 7 heteroatoms.